The molecule has 0 radical (unpaired) electrons. The van der Waals surface area contributed by atoms with Crippen molar-refractivity contribution >= 4 is 17.9 Å². The summed E-state index contributed by atoms with van der Waals surface area (Å²) >= 11 is 2.01. The second-order valence-corrected chi connectivity index (χ2v) is 13.3. The highest BCUT2D eigenvalue weighted by molar-refractivity contribution is 8.00. The fraction of sp³-hybridized carbons (Fsp3) is 0.457. The number of nitrogens with zero attached hydrogens (tertiary/aromatic N) is 1. The summed E-state index contributed by atoms with van der Waals surface area (Å²) in [5.41, 5.74) is 4.27. The predicted molar refractivity (Wildman–Crippen MR) is 167 cm³/mol. The van der Waals surface area contributed by atoms with Crippen LogP contribution < -0.4 is 9.47 Å². The van der Waals surface area contributed by atoms with Gasteiger partial charge in [0.15, 0.2) is 0 Å². The van der Waals surface area contributed by atoms with Gasteiger partial charge in [-0.15, -0.1) is 11.8 Å². The molecule has 2 heterocycles. The van der Waals surface area contributed by atoms with Crippen molar-refractivity contribution in [3.8, 4) is 11.5 Å². The van der Waals surface area contributed by atoms with Gasteiger partial charge in [-0.1, -0.05) is 43.2 Å². The van der Waals surface area contributed by atoms with Crippen molar-refractivity contribution in [2.45, 2.75) is 81.2 Å². The lowest BCUT2D eigenvalue weighted by Crippen LogP contribution is -2.35. The minimum absolute atomic E-state index is 0.282. The quantitative estimate of drug-likeness (QED) is 0.197. The van der Waals surface area contributed by atoms with Crippen LogP contribution in [-0.4, -0.2) is 48.3 Å². The Hall–Kier alpha value is -3.20. The van der Waals surface area contributed by atoms with Gasteiger partial charge < -0.3 is 28.6 Å². The predicted octanol–water partition coefficient (Wildman–Crippen LogP) is 7.70. The third-order valence-electron chi connectivity index (χ3n) is 8.14. The van der Waals surface area contributed by atoms with Crippen molar-refractivity contribution in [1.82, 2.24) is 4.90 Å². The first kappa shape index (κ1) is 29.9. The molecule has 2 aliphatic heterocycles. The number of amides is 1. The van der Waals surface area contributed by atoms with Crippen molar-refractivity contribution in [3.63, 3.8) is 0 Å². The molecule has 3 aromatic carbocycles. The Morgan fingerprint density at radius 1 is 0.977 bits per heavy atom. The summed E-state index contributed by atoms with van der Waals surface area (Å²) in [6.07, 6.45) is 5.55. The third kappa shape index (κ3) is 8.05. The van der Waals surface area contributed by atoms with Crippen LogP contribution in [0.4, 0.5) is 4.79 Å². The maximum Gasteiger partial charge on any atom is 0.410 e. The maximum absolute atomic E-state index is 12.6. The molecule has 3 aliphatic rings. The highest BCUT2D eigenvalue weighted by Gasteiger charge is 2.34. The number of carbonyl (C=O) groups is 1. The standard InChI is InChI=1S/C35H41NO6S/c1-35(2)40-24-28-21-27(12-15-32(28)42-35)33-22-36(34(37)41-33)17-16-25-10-13-29(14-11-25)39-19-18-38-23-26-6-5-9-31(20-26)43-30-7-3-4-8-30/h5-6,9-15,20-21,30,33H,3-4,7-8,16-19,22-24H2,1-2H3/t33-/m0/s1. The van der Waals surface area contributed by atoms with E-state index in [0.29, 0.717) is 39.5 Å². The molecule has 0 spiro atoms. The monoisotopic (exact) mass is 603 g/mol. The number of carbonyl (C=O) groups excluding carboxylic acids is 1. The zero-order valence-corrected chi connectivity index (χ0v) is 25.9. The molecule has 3 aromatic rings. The van der Waals surface area contributed by atoms with Crippen LogP contribution in [0.15, 0.2) is 71.6 Å². The fourth-order valence-electron chi connectivity index (χ4n) is 5.75. The first-order valence-corrected chi connectivity index (χ1v) is 16.2. The molecule has 6 rings (SSSR count). The molecule has 8 heteroatoms. The van der Waals surface area contributed by atoms with E-state index in [4.69, 9.17) is 23.7 Å². The van der Waals surface area contributed by atoms with E-state index in [1.165, 1.54) is 36.1 Å². The number of fused-ring (bicyclic) bond motifs is 1. The van der Waals surface area contributed by atoms with Crippen LogP contribution in [0.5, 0.6) is 11.5 Å². The summed E-state index contributed by atoms with van der Waals surface area (Å²) < 4.78 is 29.1. The van der Waals surface area contributed by atoms with Gasteiger partial charge in [0, 0.05) is 36.1 Å². The first-order valence-electron chi connectivity index (χ1n) is 15.4. The summed E-state index contributed by atoms with van der Waals surface area (Å²) in [4.78, 5) is 15.7. The topological polar surface area (TPSA) is 66.5 Å². The number of ether oxygens (including phenoxy) is 5. The average Bonchev–Trinajstić information content (AvgIpc) is 3.65. The molecule has 1 saturated carbocycles. The Balaban J connectivity index is 0.901. The smallest absolute Gasteiger partial charge is 0.410 e. The summed E-state index contributed by atoms with van der Waals surface area (Å²) in [5, 5.41) is 0.769. The largest absolute Gasteiger partial charge is 0.491 e. The third-order valence-corrected chi connectivity index (χ3v) is 9.47. The molecule has 1 saturated heterocycles. The second-order valence-electron chi connectivity index (χ2n) is 11.9. The van der Waals surface area contributed by atoms with Gasteiger partial charge in [-0.3, -0.25) is 0 Å². The molecular formula is C35H41NO6S. The Labute approximate surface area is 258 Å². The maximum atomic E-state index is 12.6. The molecule has 7 nitrogen and oxygen atoms in total. The molecular weight excluding hydrogens is 562 g/mol. The van der Waals surface area contributed by atoms with Crippen LogP contribution in [0, 0.1) is 0 Å². The van der Waals surface area contributed by atoms with Crippen molar-refractivity contribution in [3.05, 3.63) is 89.0 Å². The van der Waals surface area contributed by atoms with E-state index < -0.39 is 5.79 Å². The fourth-order valence-corrected chi connectivity index (χ4v) is 7.08. The Kier molecular flexibility index (Phi) is 9.46. The van der Waals surface area contributed by atoms with Crippen molar-refractivity contribution in [2.24, 2.45) is 0 Å². The normalized spacial score (nSPS) is 19.6. The van der Waals surface area contributed by atoms with Crippen LogP contribution in [0.25, 0.3) is 0 Å². The van der Waals surface area contributed by atoms with Gasteiger partial charge in [0.1, 0.15) is 24.2 Å². The van der Waals surface area contributed by atoms with Crippen LogP contribution in [0.2, 0.25) is 0 Å². The van der Waals surface area contributed by atoms with E-state index in [1.54, 1.807) is 4.90 Å². The molecule has 43 heavy (non-hydrogen) atoms. The van der Waals surface area contributed by atoms with Crippen LogP contribution in [0.3, 0.4) is 0 Å². The molecule has 2 fully saturated rings. The van der Waals surface area contributed by atoms with Gasteiger partial charge in [-0.2, -0.15) is 0 Å². The minimum Gasteiger partial charge on any atom is -0.491 e. The Morgan fingerprint density at radius 3 is 2.65 bits per heavy atom. The summed E-state index contributed by atoms with van der Waals surface area (Å²) in [6.45, 7) is 7.00. The molecule has 1 atom stereocenters. The van der Waals surface area contributed by atoms with Crippen molar-refractivity contribution < 1.29 is 28.5 Å². The lowest BCUT2D eigenvalue weighted by Gasteiger charge is -2.32. The molecule has 0 bridgehead atoms. The number of hydrogen-bond acceptors (Lipinski definition) is 7. The zero-order valence-electron chi connectivity index (χ0n) is 25.1. The van der Waals surface area contributed by atoms with Gasteiger partial charge in [-0.25, -0.2) is 4.79 Å². The number of benzene rings is 3. The van der Waals surface area contributed by atoms with Gasteiger partial charge >= 0.3 is 6.09 Å². The SMILES string of the molecule is CC1(C)OCc2cc([C@@H]3CN(CCc4ccc(OCCOCc5cccc(SC6CCCC6)c5)cc4)C(=O)O3)ccc2O1. The van der Waals surface area contributed by atoms with Crippen molar-refractivity contribution in [1.29, 1.82) is 0 Å². The van der Waals surface area contributed by atoms with Crippen LogP contribution in [-0.2, 0) is 33.8 Å². The summed E-state index contributed by atoms with van der Waals surface area (Å²) in [7, 11) is 0. The first-order chi connectivity index (χ1) is 20.9. The van der Waals surface area contributed by atoms with Gasteiger partial charge in [0.2, 0.25) is 5.79 Å². The van der Waals surface area contributed by atoms with E-state index in [2.05, 4.69) is 24.3 Å². The number of thioether (sulfide) groups is 1. The highest BCUT2D eigenvalue weighted by Crippen LogP contribution is 2.36. The van der Waals surface area contributed by atoms with Gasteiger partial charge in [0.25, 0.3) is 0 Å². The second kappa shape index (κ2) is 13.6. The molecule has 228 valence electrons. The van der Waals surface area contributed by atoms with E-state index in [-0.39, 0.29) is 12.2 Å². The molecule has 0 unspecified atom stereocenters. The Morgan fingerprint density at radius 2 is 1.81 bits per heavy atom. The molecule has 1 amide bonds. The highest BCUT2D eigenvalue weighted by atomic mass is 32.2. The molecule has 0 aromatic heterocycles. The van der Waals surface area contributed by atoms with E-state index >= 15 is 0 Å². The van der Waals surface area contributed by atoms with Crippen LogP contribution >= 0.6 is 11.8 Å². The summed E-state index contributed by atoms with van der Waals surface area (Å²) in [6, 6.07) is 22.7. The van der Waals surface area contributed by atoms with E-state index in [9.17, 15) is 4.79 Å². The van der Waals surface area contributed by atoms with E-state index in [1.807, 2.05) is 68.1 Å². The van der Waals surface area contributed by atoms with Crippen molar-refractivity contribution in [2.75, 3.05) is 26.3 Å². The van der Waals surface area contributed by atoms with Gasteiger partial charge in [0.05, 0.1) is 26.4 Å². The summed E-state index contributed by atoms with van der Waals surface area (Å²) in [5.74, 6) is 0.993. The molecule has 1 aliphatic carbocycles. The van der Waals surface area contributed by atoms with E-state index in [0.717, 1.165) is 39.9 Å². The number of cyclic esters (lactones) is 1. The number of rotatable bonds is 12. The number of hydrogen-bond donors (Lipinski definition) is 0. The zero-order chi connectivity index (χ0) is 29.6. The average molecular weight is 604 g/mol. The van der Waals surface area contributed by atoms with Crippen LogP contribution in [0.1, 0.15) is 67.9 Å². The van der Waals surface area contributed by atoms with Gasteiger partial charge in [-0.05, 0) is 72.4 Å². The lowest BCUT2D eigenvalue weighted by atomic mass is 10.0. The Bertz CT molecular complexity index is 1390. The molecule has 0 N–H and O–H groups in total. The lowest BCUT2D eigenvalue weighted by molar-refractivity contribution is -0.180. The minimum atomic E-state index is -0.634.